The Labute approximate surface area is 91.3 Å². The first-order valence-electron chi connectivity index (χ1n) is 4.29. The molecule has 1 rings (SSSR count). The number of hydrogen-bond donors (Lipinski definition) is 1. The number of nitrogens with one attached hydrogen (secondary N) is 1. The Balaban J connectivity index is 3.09. The van der Waals surface area contributed by atoms with E-state index >= 15 is 0 Å². The Kier molecular flexibility index (Phi) is 3.90. The van der Waals surface area contributed by atoms with Gasteiger partial charge in [0.25, 0.3) is 5.56 Å². The van der Waals surface area contributed by atoms with Crippen molar-refractivity contribution in [3.8, 4) is 0 Å². The summed E-state index contributed by atoms with van der Waals surface area (Å²) in [6, 6.07) is 0. The molecule has 0 unspecified atom stereocenters. The summed E-state index contributed by atoms with van der Waals surface area (Å²) in [4.78, 5) is 29.3. The quantitative estimate of drug-likeness (QED) is 0.464. The number of aromatic nitrogens is 2. The predicted molar refractivity (Wildman–Crippen MR) is 57.1 cm³/mol. The predicted octanol–water partition coefficient (Wildman–Crippen LogP) is 0.516. The van der Waals surface area contributed by atoms with Gasteiger partial charge in [-0.1, -0.05) is 11.8 Å². The summed E-state index contributed by atoms with van der Waals surface area (Å²) in [5.41, 5.74) is 0.644. The molecule has 0 aliphatic rings. The number of methoxy groups -OCH3 is 1. The van der Waals surface area contributed by atoms with Crippen LogP contribution in [0.4, 0.5) is 0 Å². The van der Waals surface area contributed by atoms with Gasteiger partial charge < -0.3 is 9.72 Å². The van der Waals surface area contributed by atoms with Crippen molar-refractivity contribution in [3.63, 3.8) is 0 Å². The lowest BCUT2D eigenvalue weighted by Crippen LogP contribution is -2.20. The number of aryl methyl sites for hydroxylation is 1. The van der Waals surface area contributed by atoms with Crippen LogP contribution in [0, 0.1) is 6.92 Å². The largest absolute Gasteiger partial charge is 0.469 e. The van der Waals surface area contributed by atoms with Gasteiger partial charge in [0.2, 0.25) is 0 Å². The van der Waals surface area contributed by atoms with E-state index in [0.717, 1.165) is 0 Å². The van der Waals surface area contributed by atoms with Crippen molar-refractivity contribution in [2.75, 3.05) is 13.4 Å². The first kappa shape index (κ1) is 11.8. The molecule has 1 aromatic heterocycles. The fraction of sp³-hybridized carbons (Fsp3) is 0.444. The fourth-order valence-electron chi connectivity index (χ4n) is 1.11. The molecule has 0 bridgehead atoms. The van der Waals surface area contributed by atoms with Crippen LogP contribution >= 0.6 is 11.8 Å². The van der Waals surface area contributed by atoms with Gasteiger partial charge in [-0.3, -0.25) is 9.59 Å². The Hall–Kier alpha value is -1.30. The smallest absolute Gasteiger partial charge is 0.310 e. The van der Waals surface area contributed by atoms with E-state index in [-0.39, 0.29) is 12.0 Å². The van der Waals surface area contributed by atoms with Gasteiger partial charge in [0.05, 0.1) is 13.5 Å². The van der Waals surface area contributed by atoms with Crippen LogP contribution in [-0.4, -0.2) is 29.3 Å². The van der Waals surface area contributed by atoms with Crippen molar-refractivity contribution in [2.45, 2.75) is 18.5 Å². The summed E-state index contributed by atoms with van der Waals surface area (Å²) >= 11 is 1.35. The van der Waals surface area contributed by atoms with Crippen molar-refractivity contribution < 1.29 is 9.53 Å². The molecule has 0 atom stereocenters. The summed E-state index contributed by atoms with van der Waals surface area (Å²) in [5, 5.41) is 0.547. The SMILES string of the molecule is COC(=O)Cc1c(C)nc(SC)[nH]c1=O. The maximum absolute atomic E-state index is 11.6. The molecule has 0 fully saturated rings. The number of hydrogen-bond acceptors (Lipinski definition) is 5. The molecule has 0 saturated heterocycles. The molecule has 0 aliphatic heterocycles. The lowest BCUT2D eigenvalue weighted by Gasteiger charge is -2.04. The molecule has 1 N–H and O–H groups in total. The minimum Gasteiger partial charge on any atom is -0.469 e. The normalized spacial score (nSPS) is 10.1. The highest BCUT2D eigenvalue weighted by Crippen LogP contribution is 2.08. The molecule has 0 aliphatic carbocycles. The lowest BCUT2D eigenvalue weighted by atomic mass is 10.2. The average Bonchev–Trinajstić information content (AvgIpc) is 2.22. The summed E-state index contributed by atoms with van der Waals surface area (Å²) in [6.45, 7) is 1.70. The second-order valence-corrected chi connectivity index (χ2v) is 3.69. The summed E-state index contributed by atoms with van der Waals surface area (Å²) in [7, 11) is 1.29. The monoisotopic (exact) mass is 228 g/mol. The highest BCUT2D eigenvalue weighted by Gasteiger charge is 2.12. The van der Waals surface area contributed by atoms with Crippen molar-refractivity contribution in [1.82, 2.24) is 9.97 Å². The van der Waals surface area contributed by atoms with Crippen LogP contribution in [0.2, 0.25) is 0 Å². The standard InChI is InChI=1S/C9H12N2O3S/c1-5-6(4-7(12)14-2)8(13)11-9(10-5)15-3/h4H2,1-3H3,(H,10,11,13). The van der Waals surface area contributed by atoms with Crippen LogP contribution in [0.5, 0.6) is 0 Å². The average molecular weight is 228 g/mol. The molecule has 5 nitrogen and oxygen atoms in total. The molecule has 1 heterocycles. The maximum Gasteiger partial charge on any atom is 0.310 e. The molecule has 0 amide bonds. The Morgan fingerprint density at radius 1 is 1.60 bits per heavy atom. The van der Waals surface area contributed by atoms with Crippen molar-refractivity contribution >= 4 is 17.7 Å². The molecule has 1 aromatic rings. The summed E-state index contributed by atoms with van der Waals surface area (Å²) in [6.07, 6.45) is 1.77. The number of H-pyrrole nitrogens is 1. The number of ether oxygens (including phenoxy) is 1. The van der Waals surface area contributed by atoms with Gasteiger partial charge in [0, 0.05) is 11.3 Å². The van der Waals surface area contributed by atoms with E-state index < -0.39 is 5.97 Å². The van der Waals surface area contributed by atoms with Crippen molar-refractivity contribution in [1.29, 1.82) is 0 Å². The first-order valence-corrected chi connectivity index (χ1v) is 5.51. The minimum atomic E-state index is -0.442. The molecular formula is C9H12N2O3S. The molecule has 0 radical (unpaired) electrons. The number of thioether (sulfide) groups is 1. The second kappa shape index (κ2) is 4.97. The third kappa shape index (κ3) is 2.82. The highest BCUT2D eigenvalue weighted by molar-refractivity contribution is 7.98. The molecule has 6 heteroatoms. The molecule has 82 valence electrons. The Morgan fingerprint density at radius 3 is 2.73 bits per heavy atom. The molecule has 0 saturated carbocycles. The van der Waals surface area contributed by atoms with E-state index in [2.05, 4.69) is 14.7 Å². The zero-order valence-corrected chi connectivity index (χ0v) is 9.60. The third-order valence-corrected chi connectivity index (χ3v) is 2.52. The van der Waals surface area contributed by atoms with Crippen LogP contribution in [0.25, 0.3) is 0 Å². The lowest BCUT2D eigenvalue weighted by molar-refractivity contribution is -0.139. The van der Waals surface area contributed by atoms with E-state index in [4.69, 9.17) is 0 Å². The molecule has 0 aromatic carbocycles. The van der Waals surface area contributed by atoms with E-state index in [0.29, 0.717) is 16.4 Å². The highest BCUT2D eigenvalue weighted by atomic mass is 32.2. The van der Waals surface area contributed by atoms with Crippen LogP contribution in [0.15, 0.2) is 9.95 Å². The van der Waals surface area contributed by atoms with Gasteiger partial charge in [-0.15, -0.1) is 0 Å². The number of esters is 1. The van der Waals surface area contributed by atoms with Gasteiger partial charge in [-0.2, -0.15) is 0 Å². The van der Waals surface area contributed by atoms with Crippen LogP contribution in [-0.2, 0) is 16.0 Å². The minimum absolute atomic E-state index is 0.0423. The number of carbonyl (C=O) groups is 1. The fourth-order valence-corrected chi connectivity index (χ4v) is 1.53. The Morgan fingerprint density at radius 2 is 2.27 bits per heavy atom. The Bertz CT molecular complexity index is 428. The van der Waals surface area contributed by atoms with E-state index in [1.165, 1.54) is 18.9 Å². The van der Waals surface area contributed by atoms with Crippen LogP contribution < -0.4 is 5.56 Å². The van der Waals surface area contributed by atoms with Crippen molar-refractivity contribution in [3.05, 3.63) is 21.6 Å². The zero-order valence-electron chi connectivity index (χ0n) is 8.79. The topological polar surface area (TPSA) is 72.0 Å². The first-order chi connectivity index (χ1) is 7.08. The number of rotatable bonds is 3. The maximum atomic E-state index is 11.6. The summed E-state index contributed by atoms with van der Waals surface area (Å²) in [5.74, 6) is -0.442. The van der Waals surface area contributed by atoms with E-state index in [9.17, 15) is 9.59 Å². The van der Waals surface area contributed by atoms with Gasteiger partial charge in [0.1, 0.15) is 0 Å². The van der Waals surface area contributed by atoms with E-state index in [1.54, 1.807) is 6.92 Å². The molecular weight excluding hydrogens is 216 g/mol. The number of carbonyl (C=O) groups excluding carboxylic acids is 1. The van der Waals surface area contributed by atoms with Gasteiger partial charge in [-0.05, 0) is 13.2 Å². The van der Waals surface area contributed by atoms with Crippen LogP contribution in [0.3, 0.4) is 0 Å². The van der Waals surface area contributed by atoms with Gasteiger partial charge >= 0.3 is 5.97 Å². The number of nitrogens with zero attached hydrogens (tertiary/aromatic N) is 1. The zero-order chi connectivity index (χ0) is 11.4. The third-order valence-electron chi connectivity index (χ3n) is 1.94. The van der Waals surface area contributed by atoms with Crippen molar-refractivity contribution in [2.24, 2.45) is 0 Å². The second-order valence-electron chi connectivity index (χ2n) is 2.89. The van der Waals surface area contributed by atoms with Crippen LogP contribution in [0.1, 0.15) is 11.3 Å². The summed E-state index contributed by atoms with van der Waals surface area (Å²) < 4.78 is 4.50. The number of aromatic amines is 1. The van der Waals surface area contributed by atoms with Gasteiger partial charge in [-0.25, -0.2) is 4.98 Å². The molecule has 15 heavy (non-hydrogen) atoms. The van der Waals surface area contributed by atoms with Gasteiger partial charge in [0.15, 0.2) is 5.16 Å². The molecule has 0 spiro atoms. The van der Waals surface area contributed by atoms with E-state index in [1.807, 2.05) is 6.26 Å².